The SMILES string of the molecule is COc1ccc(-c2ccc(N3CCCN(C(=O)CNCCc4ccccc4)CC3)nn2)cc1. The van der Waals surface area contributed by atoms with Gasteiger partial charge in [-0.25, -0.2) is 0 Å². The molecule has 7 nitrogen and oxygen atoms in total. The Kier molecular flexibility index (Phi) is 7.87. The van der Waals surface area contributed by atoms with Crippen molar-refractivity contribution >= 4 is 11.7 Å². The fourth-order valence-electron chi connectivity index (χ4n) is 3.99. The Balaban J connectivity index is 1.25. The number of amides is 1. The molecule has 7 heteroatoms. The fraction of sp³-hybridized carbons (Fsp3) is 0.346. The number of benzene rings is 2. The van der Waals surface area contributed by atoms with Crippen LogP contribution in [0.1, 0.15) is 12.0 Å². The molecule has 0 radical (unpaired) electrons. The third kappa shape index (κ3) is 6.29. The summed E-state index contributed by atoms with van der Waals surface area (Å²) in [5.41, 5.74) is 3.11. The van der Waals surface area contributed by atoms with E-state index in [4.69, 9.17) is 4.74 Å². The maximum absolute atomic E-state index is 12.7. The average molecular weight is 446 g/mol. The molecule has 33 heavy (non-hydrogen) atoms. The molecule has 3 aromatic rings. The first kappa shape index (κ1) is 22.7. The van der Waals surface area contributed by atoms with Crippen LogP contribution >= 0.6 is 0 Å². The summed E-state index contributed by atoms with van der Waals surface area (Å²) in [6.45, 7) is 4.26. The second kappa shape index (κ2) is 11.4. The molecule has 1 aliphatic heterocycles. The summed E-state index contributed by atoms with van der Waals surface area (Å²) < 4.78 is 5.21. The predicted octanol–water partition coefficient (Wildman–Crippen LogP) is 3.02. The van der Waals surface area contributed by atoms with Gasteiger partial charge in [-0.15, -0.1) is 10.2 Å². The van der Waals surface area contributed by atoms with Crippen LogP contribution in [0.2, 0.25) is 0 Å². The number of hydrogen-bond acceptors (Lipinski definition) is 6. The summed E-state index contributed by atoms with van der Waals surface area (Å²) >= 11 is 0. The van der Waals surface area contributed by atoms with Crippen LogP contribution in [0.4, 0.5) is 5.82 Å². The molecule has 172 valence electrons. The normalized spacial score (nSPS) is 14.1. The van der Waals surface area contributed by atoms with Crippen molar-refractivity contribution in [3.8, 4) is 17.0 Å². The number of carbonyl (C=O) groups is 1. The van der Waals surface area contributed by atoms with Crippen molar-refractivity contribution < 1.29 is 9.53 Å². The molecule has 1 aliphatic rings. The van der Waals surface area contributed by atoms with Crippen LogP contribution in [0, 0.1) is 0 Å². The van der Waals surface area contributed by atoms with Gasteiger partial charge in [-0.05, 0) is 61.3 Å². The Morgan fingerprint density at radius 2 is 1.76 bits per heavy atom. The molecule has 0 unspecified atom stereocenters. The number of anilines is 1. The lowest BCUT2D eigenvalue weighted by Crippen LogP contribution is -2.41. The van der Waals surface area contributed by atoms with Gasteiger partial charge in [0.1, 0.15) is 5.75 Å². The quantitative estimate of drug-likeness (QED) is 0.538. The maximum atomic E-state index is 12.7. The van der Waals surface area contributed by atoms with Crippen LogP contribution in [-0.4, -0.2) is 67.4 Å². The highest BCUT2D eigenvalue weighted by molar-refractivity contribution is 5.78. The van der Waals surface area contributed by atoms with Crippen LogP contribution in [0.3, 0.4) is 0 Å². The molecule has 1 saturated heterocycles. The molecule has 0 saturated carbocycles. The van der Waals surface area contributed by atoms with Gasteiger partial charge in [-0.1, -0.05) is 30.3 Å². The number of nitrogens with zero attached hydrogens (tertiary/aromatic N) is 4. The van der Waals surface area contributed by atoms with Crippen LogP contribution in [-0.2, 0) is 11.2 Å². The summed E-state index contributed by atoms with van der Waals surface area (Å²) in [5.74, 6) is 1.83. The number of nitrogens with one attached hydrogen (secondary N) is 1. The second-order valence-electron chi connectivity index (χ2n) is 8.14. The summed E-state index contributed by atoms with van der Waals surface area (Å²) in [4.78, 5) is 16.8. The monoisotopic (exact) mass is 445 g/mol. The minimum Gasteiger partial charge on any atom is -0.497 e. The molecule has 0 atom stereocenters. The summed E-state index contributed by atoms with van der Waals surface area (Å²) in [6.07, 6.45) is 1.84. The van der Waals surface area contributed by atoms with Gasteiger partial charge in [0.05, 0.1) is 19.3 Å². The first-order valence-electron chi connectivity index (χ1n) is 11.5. The Morgan fingerprint density at radius 3 is 2.48 bits per heavy atom. The van der Waals surface area contributed by atoms with Gasteiger partial charge in [-0.2, -0.15) is 0 Å². The van der Waals surface area contributed by atoms with Crippen molar-refractivity contribution in [2.75, 3.05) is 51.3 Å². The van der Waals surface area contributed by atoms with Gasteiger partial charge in [-0.3, -0.25) is 4.79 Å². The van der Waals surface area contributed by atoms with E-state index < -0.39 is 0 Å². The molecule has 0 bridgehead atoms. The van der Waals surface area contributed by atoms with Crippen molar-refractivity contribution in [2.45, 2.75) is 12.8 Å². The largest absolute Gasteiger partial charge is 0.497 e. The van der Waals surface area contributed by atoms with Crippen molar-refractivity contribution in [3.05, 3.63) is 72.3 Å². The number of aromatic nitrogens is 2. The topological polar surface area (TPSA) is 70.6 Å². The second-order valence-corrected chi connectivity index (χ2v) is 8.14. The molecule has 0 spiro atoms. The van der Waals surface area contributed by atoms with Gasteiger partial charge in [0.2, 0.25) is 5.91 Å². The van der Waals surface area contributed by atoms with E-state index >= 15 is 0 Å². The Bertz CT molecular complexity index is 1010. The van der Waals surface area contributed by atoms with Crippen LogP contribution < -0.4 is 15.0 Å². The van der Waals surface area contributed by atoms with E-state index in [2.05, 4.69) is 32.5 Å². The lowest BCUT2D eigenvalue weighted by Gasteiger charge is -2.22. The van der Waals surface area contributed by atoms with Crippen LogP contribution in [0.25, 0.3) is 11.3 Å². The van der Waals surface area contributed by atoms with Crippen molar-refractivity contribution in [2.24, 2.45) is 0 Å². The van der Waals surface area contributed by atoms with Crippen molar-refractivity contribution in [1.82, 2.24) is 20.4 Å². The van der Waals surface area contributed by atoms with Gasteiger partial charge < -0.3 is 19.9 Å². The molecule has 2 heterocycles. The molecular weight excluding hydrogens is 414 g/mol. The van der Waals surface area contributed by atoms with E-state index in [9.17, 15) is 4.79 Å². The van der Waals surface area contributed by atoms with E-state index in [-0.39, 0.29) is 5.91 Å². The Morgan fingerprint density at radius 1 is 0.939 bits per heavy atom. The van der Waals surface area contributed by atoms with E-state index in [1.54, 1.807) is 7.11 Å². The molecule has 4 rings (SSSR count). The van der Waals surface area contributed by atoms with Gasteiger partial charge in [0.25, 0.3) is 0 Å². The standard InChI is InChI=1S/C26H31N5O2/c1-33-23-10-8-22(9-11-23)24-12-13-25(29-28-24)30-16-5-17-31(19-18-30)26(32)20-27-15-14-21-6-3-2-4-7-21/h2-4,6-13,27H,5,14-20H2,1H3. The van der Waals surface area contributed by atoms with E-state index in [1.165, 1.54) is 5.56 Å². The first-order valence-corrected chi connectivity index (χ1v) is 11.5. The molecule has 1 aromatic heterocycles. The van der Waals surface area contributed by atoms with Crippen LogP contribution in [0.15, 0.2) is 66.7 Å². The van der Waals surface area contributed by atoms with Gasteiger partial charge in [0, 0.05) is 31.7 Å². The zero-order valence-electron chi connectivity index (χ0n) is 19.1. The Labute approximate surface area is 195 Å². The summed E-state index contributed by atoms with van der Waals surface area (Å²) in [7, 11) is 1.65. The van der Waals surface area contributed by atoms with E-state index in [0.29, 0.717) is 13.1 Å². The van der Waals surface area contributed by atoms with Crippen LogP contribution in [0.5, 0.6) is 5.75 Å². The lowest BCUT2D eigenvalue weighted by molar-refractivity contribution is -0.130. The van der Waals surface area contributed by atoms with Gasteiger partial charge >= 0.3 is 0 Å². The van der Waals surface area contributed by atoms with E-state index in [1.807, 2.05) is 59.5 Å². The highest BCUT2D eigenvalue weighted by atomic mass is 16.5. The van der Waals surface area contributed by atoms with Crippen molar-refractivity contribution in [1.29, 1.82) is 0 Å². The minimum absolute atomic E-state index is 0.158. The zero-order valence-corrected chi connectivity index (χ0v) is 19.1. The third-order valence-corrected chi connectivity index (χ3v) is 5.92. The molecular formula is C26H31N5O2. The minimum atomic E-state index is 0.158. The number of methoxy groups -OCH3 is 1. The lowest BCUT2D eigenvalue weighted by atomic mass is 10.1. The number of rotatable bonds is 8. The average Bonchev–Trinajstić information content (AvgIpc) is 3.14. The highest BCUT2D eigenvalue weighted by Crippen LogP contribution is 2.22. The Hall–Kier alpha value is -3.45. The highest BCUT2D eigenvalue weighted by Gasteiger charge is 2.20. The zero-order chi connectivity index (χ0) is 22.9. The van der Waals surface area contributed by atoms with Gasteiger partial charge in [0.15, 0.2) is 5.82 Å². The molecule has 1 fully saturated rings. The van der Waals surface area contributed by atoms with E-state index in [0.717, 1.165) is 61.8 Å². The maximum Gasteiger partial charge on any atom is 0.236 e. The molecule has 1 N–H and O–H groups in total. The summed E-state index contributed by atoms with van der Waals surface area (Å²) in [5, 5.41) is 12.2. The third-order valence-electron chi connectivity index (χ3n) is 5.92. The molecule has 1 amide bonds. The number of ether oxygens (including phenoxy) is 1. The smallest absolute Gasteiger partial charge is 0.236 e. The molecule has 2 aromatic carbocycles. The summed E-state index contributed by atoms with van der Waals surface area (Å²) in [6, 6.07) is 22.1. The van der Waals surface area contributed by atoms with Crippen molar-refractivity contribution in [3.63, 3.8) is 0 Å². The predicted molar refractivity (Wildman–Crippen MR) is 130 cm³/mol. The first-order chi connectivity index (χ1) is 16.2. The molecule has 0 aliphatic carbocycles. The fourth-order valence-corrected chi connectivity index (χ4v) is 3.99. The number of hydrogen-bond donors (Lipinski definition) is 1. The number of carbonyl (C=O) groups excluding carboxylic acids is 1.